The molecule has 6 heteroatoms. The van der Waals surface area contributed by atoms with E-state index in [0.29, 0.717) is 30.2 Å². The average Bonchev–Trinajstić information content (AvgIpc) is 2.71. The molecule has 0 saturated heterocycles. The Morgan fingerprint density at radius 1 is 1.11 bits per heavy atom. The van der Waals surface area contributed by atoms with Crippen LogP contribution in [0.1, 0.15) is 30.1 Å². The summed E-state index contributed by atoms with van der Waals surface area (Å²) in [5.41, 5.74) is 1.88. The van der Waals surface area contributed by atoms with Crippen LogP contribution in [0.25, 0.3) is 0 Å². The molecular formula is C22H27N3O3. The van der Waals surface area contributed by atoms with E-state index in [1.807, 2.05) is 24.3 Å². The summed E-state index contributed by atoms with van der Waals surface area (Å²) in [5, 5.41) is 8.72. The highest BCUT2D eigenvalue weighted by atomic mass is 16.5. The molecule has 3 N–H and O–H groups in total. The summed E-state index contributed by atoms with van der Waals surface area (Å²) in [6.07, 6.45) is 3.63. The van der Waals surface area contributed by atoms with Crippen LogP contribution >= 0.6 is 0 Å². The lowest BCUT2D eigenvalue weighted by Gasteiger charge is -2.10. The molecule has 0 radical (unpaired) electrons. The molecule has 0 atom stereocenters. The standard InChI is InChI=1S/C22H27N3O3/c1-3-5-12-23-22(27)17-8-6-10-19(14-17)25-21(26)16-24-18-9-7-11-20(15-18)28-13-4-2/h4,6-11,14-15,24H,2-3,5,12-13,16H2,1H3,(H,23,27)(H,25,26). The van der Waals surface area contributed by atoms with Crippen LogP contribution in [0.5, 0.6) is 5.75 Å². The number of anilines is 2. The van der Waals surface area contributed by atoms with Crippen molar-refractivity contribution in [3.8, 4) is 5.75 Å². The van der Waals surface area contributed by atoms with E-state index < -0.39 is 0 Å². The van der Waals surface area contributed by atoms with Gasteiger partial charge in [-0.1, -0.05) is 38.1 Å². The predicted octanol–water partition coefficient (Wildman–Crippen LogP) is 3.83. The van der Waals surface area contributed by atoms with Gasteiger partial charge in [0.2, 0.25) is 5.91 Å². The fourth-order valence-electron chi connectivity index (χ4n) is 2.46. The van der Waals surface area contributed by atoms with Crippen molar-refractivity contribution in [1.29, 1.82) is 0 Å². The summed E-state index contributed by atoms with van der Waals surface area (Å²) < 4.78 is 5.47. The maximum Gasteiger partial charge on any atom is 0.251 e. The van der Waals surface area contributed by atoms with Gasteiger partial charge in [0.15, 0.2) is 0 Å². The van der Waals surface area contributed by atoms with Crippen molar-refractivity contribution in [2.24, 2.45) is 0 Å². The first-order valence-electron chi connectivity index (χ1n) is 9.38. The van der Waals surface area contributed by atoms with Crippen LogP contribution in [0.15, 0.2) is 61.2 Å². The highest BCUT2D eigenvalue weighted by molar-refractivity contribution is 5.98. The lowest BCUT2D eigenvalue weighted by Crippen LogP contribution is -2.25. The highest BCUT2D eigenvalue weighted by Gasteiger charge is 2.08. The second-order valence-corrected chi connectivity index (χ2v) is 6.22. The lowest BCUT2D eigenvalue weighted by atomic mass is 10.2. The van der Waals surface area contributed by atoms with E-state index in [1.54, 1.807) is 30.3 Å². The molecule has 0 aliphatic heterocycles. The fraction of sp³-hybridized carbons (Fsp3) is 0.273. The van der Waals surface area contributed by atoms with Crippen LogP contribution in [0, 0.1) is 0 Å². The number of hydrogen-bond acceptors (Lipinski definition) is 4. The number of nitrogens with one attached hydrogen (secondary N) is 3. The van der Waals surface area contributed by atoms with Gasteiger partial charge in [0.1, 0.15) is 12.4 Å². The lowest BCUT2D eigenvalue weighted by molar-refractivity contribution is -0.114. The van der Waals surface area contributed by atoms with Crippen molar-refractivity contribution in [1.82, 2.24) is 5.32 Å². The summed E-state index contributed by atoms with van der Waals surface area (Å²) in [5.74, 6) is 0.354. The predicted molar refractivity (Wildman–Crippen MR) is 113 cm³/mol. The minimum absolute atomic E-state index is 0.0951. The van der Waals surface area contributed by atoms with Gasteiger partial charge in [-0.2, -0.15) is 0 Å². The molecule has 0 bridgehead atoms. The monoisotopic (exact) mass is 381 g/mol. The molecule has 0 aromatic heterocycles. The number of hydrogen-bond donors (Lipinski definition) is 3. The maximum atomic E-state index is 12.2. The highest BCUT2D eigenvalue weighted by Crippen LogP contribution is 2.17. The molecule has 0 unspecified atom stereocenters. The summed E-state index contributed by atoms with van der Waals surface area (Å²) in [6.45, 7) is 6.85. The van der Waals surface area contributed by atoms with Gasteiger partial charge in [-0.05, 0) is 36.8 Å². The maximum absolute atomic E-state index is 12.2. The zero-order valence-electron chi connectivity index (χ0n) is 16.2. The van der Waals surface area contributed by atoms with E-state index in [2.05, 4.69) is 29.5 Å². The first kappa shape index (κ1) is 21.0. The number of benzene rings is 2. The molecule has 2 amide bonds. The second kappa shape index (κ2) is 11.4. The molecule has 2 aromatic rings. The van der Waals surface area contributed by atoms with Crippen molar-refractivity contribution in [3.05, 3.63) is 66.7 Å². The van der Waals surface area contributed by atoms with Crippen LogP contribution in [-0.4, -0.2) is 31.5 Å². The number of unbranched alkanes of at least 4 members (excludes halogenated alkanes) is 1. The molecule has 0 aliphatic rings. The Hall–Kier alpha value is -3.28. The number of carbonyl (C=O) groups is 2. The number of rotatable bonds is 11. The van der Waals surface area contributed by atoms with Gasteiger partial charge < -0.3 is 20.7 Å². The summed E-state index contributed by atoms with van der Waals surface area (Å²) in [4.78, 5) is 24.3. The van der Waals surface area contributed by atoms with Crippen LogP contribution in [-0.2, 0) is 4.79 Å². The number of ether oxygens (including phenoxy) is 1. The third kappa shape index (κ3) is 7.15. The fourth-order valence-corrected chi connectivity index (χ4v) is 2.46. The molecule has 0 saturated carbocycles. The molecule has 28 heavy (non-hydrogen) atoms. The van der Waals surface area contributed by atoms with Crippen LogP contribution in [0.2, 0.25) is 0 Å². The topological polar surface area (TPSA) is 79.5 Å². The first-order chi connectivity index (χ1) is 13.6. The minimum Gasteiger partial charge on any atom is -0.489 e. The average molecular weight is 381 g/mol. The number of carbonyl (C=O) groups excluding carboxylic acids is 2. The Bertz CT molecular complexity index is 805. The van der Waals surface area contributed by atoms with Crippen molar-refractivity contribution in [2.45, 2.75) is 19.8 Å². The zero-order valence-corrected chi connectivity index (χ0v) is 16.2. The Kier molecular flexibility index (Phi) is 8.59. The van der Waals surface area contributed by atoms with Crippen molar-refractivity contribution in [2.75, 3.05) is 30.3 Å². The van der Waals surface area contributed by atoms with Gasteiger partial charge in [0.05, 0.1) is 6.54 Å². The molecule has 148 valence electrons. The molecule has 0 fully saturated rings. The van der Waals surface area contributed by atoms with Crippen molar-refractivity contribution in [3.63, 3.8) is 0 Å². The third-order valence-electron chi connectivity index (χ3n) is 3.88. The van der Waals surface area contributed by atoms with E-state index in [4.69, 9.17) is 4.74 Å². The molecule has 0 aliphatic carbocycles. The SMILES string of the molecule is C=CCOc1cccc(NCC(=O)Nc2cccc(C(=O)NCCCC)c2)c1. The van der Waals surface area contributed by atoms with Gasteiger partial charge in [-0.15, -0.1) is 0 Å². The first-order valence-corrected chi connectivity index (χ1v) is 9.38. The molecule has 0 heterocycles. The largest absolute Gasteiger partial charge is 0.489 e. The van der Waals surface area contributed by atoms with E-state index in [9.17, 15) is 9.59 Å². The Morgan fingerprint density at radius 3 is 2.68 bits per heavy atom. The van der Waals surface area contributed by atoms with Gasteiger partial charge in [0.25, 0.3) is 5.91 Å². The quantitative estimate of drug-likeness (QED) is 0.408. The molecular weight excluding hydrogens is 354 g/mol. The molecule has 2 aromatic carbocycles. The van der Waals surface area contributed by atoms with Gasteiger partial charge in [-0.3, -0.25) is 9.59 Å². The summed E-state index contributed by atoms with van der Waals surface area (Å²) >= 11 is 0. The van der Waals surface area contributed by atoms with Gasteiger partial charge >= 0.3 is 0 Å². The third-order valence-corrected chi connectivity index (χ3v) is 3.88. The zero-order chi connectivity index (χ0) is 20.2. The summed E-state index contributed by atoms with van der Waals surface area (Å²) in [7, 11) is 0. The minimum atomic E-state index is -0.207. The molecule has 0 spiro atoms. The molecule has 6 nitrogen and oxygen atoms in total. The van der Waals surface area contributed by atoms with E-state index in [-0.39, 0.29) is 18.4 Å². The van der Waals surface area contributed by atoms with E-state index in [0.717, 1.165) is 18.5 Å². The van der Waals surface area contributed by atoms with E-state index in [1.165, 1.54) is 0 Å². The smallest absolute Gasteiger partial charge is 0.251 e. The number of amides is 2. The van der Waals surface area contributed by atoms with Gasteiger partial charge in [0, 0.05) is 29.5 Å². The van der Waals surface area contributed by atoms with E-state index >= 15 is 0 Å². The Morgan fingerprint density at radius 2 is 1.89 bits per heavy atom. The van der Waals surface area contributed by atoms with Crippen LogP contribution in [0.4, 0.5) is 11.4 Å². The summed E-state index contributed by atoms with van der Waals surface area (Å²) in [6, 6.07) is 14.3. The van der Waals surface area contributed by atoms with Crippen LogP contribution < -0.4 is 20.7 Å². The normalized spacial score (nSPS) is 10.0. The Balaban J connectivity index is 1.87. The molecule has 2 rings (SSSR count). The van der Waals surface area contributed by atoms with Crippen molar-refractivity contribution < 1.29 is 14.3 Å². The van der Waals surface area contributed by atoms with Crippen molar-refractivity contribution >= 4 is 23.2 Å². The Labute approximate surface area is 166 Å². The van der Waals surface area contributed by atoms with Crippen LogP contribution in [0.3, 0.4) is 0 Å². The second-order valence-electron chi connectivity index (χ2n) is 6.22. The van der Waals surface area contributed by atoms with Gasteiger partial charge in [-0.25, -0.2) is 0 Å².